The van der Waals surface area contributed by atoms with Gasteiger partial charge in [-0.2, -0.15) is 5.10 Å². The number of amides is 1. The Hall–Kier alpha value is -2.18. The summed E-state index contributed by atoms with van der Waals surface area (Å²) < 4.78 is 5.23. The zero-order valence-corrected chi connectivity index (χ0v) is 12.5. The molecule has 1 aromatic carbocycles. The van der Waals surface area contributed by atoms with Crippen LogP contribution in [0.15, 0.2) is 36.0 Å². The quantitative estimate of drug-likeness (QED) is 0.465. The van der Waals surface area contributed by atoms with E-state index in [0.29, 0.717) is 26.2 Å². The van der Waals surface area contributed by atoms with Gasteiger partial charge < -0.3 is 9.84 Å². The number of phenolic OH excluding ortho intramolecular Hbond substituents is 1. The van der Waals surface area contributed by atoms with Crippen LogP contribution in [0.1, 0.15) is 11.1 Å². The van der Waals surface area contributed by atoms with Gasteiger partial charge in [-0.1, -0.05) is 6.08 Å². The average Bonchev–Trinajstić information content (AvgIpc) is 2.51. The number of hydrogen-bond donors (Lipinski definition) is 2. The number of nitrogens with one attached hydrogen (secondary N) is 1. The fraction of sp³-hybridized carbons (Fsp3) is 0.375. The number of rotatable bonds is 6. The van der Waals surface area contributed by atoms with Gasteiger partial charge in [0.05, 0.1) is 26.0 Å². The first kappa shape index (κ1) is 16.2. The number of nitrogens with zero attached hydrogens (tertiary/aromatic N) is 2. The molecule has 1 aliphatic rings. The van der Waals surface area contributed by atoms with E-state index in [4.69, 9.17) is 4.74 Å². The summed E-state index contributed by atoms with van der Waals surface area (Å²) in [7, 11) is 0. The highest BCUT2D eigenvalue weighted by atomic mass is 16.5. The molecule has 1 saturated heterocycles. The van der Waals surface area contributed by atoms with E-state index in [1.165, 1.54) is 0 Å². The molecule has 22 heavy (non-hydrogen) atoms. The molecule has 0 saturated carbocycles. The molecule has 118 valence electrons. The number of phenols is 1. The van der Waals surface area contributed by atoms with E-state index in [1.54, 1.807) is 24.4 Å². The lowest BCUT2D eigenvalue weighted by molar-refractivity contribution is -0.123. The highest BCUT2D eigenvalue weighted by Gasteiger charge is 2.13. The van der Waals surface area contributed by atoms with Gasteiger partial charge in [0.2, 0.25) is 0 Å². The van der Waals surface area contributed by atoms with Gasteiger partial charge in [-0.05, 0) is 35.7 Å². The van der Waals surface area contributed by atoms with Gasteiger partial charge in [-0.3, -0.25) is 9.69 Å². The normalized spacial score (nSPS) is 15.8. The molecule has 2 rings (SSSR count). The lowest BCUT2D eigenvalue weighted by Gasteiger charge is -2.25. The molecule has 0 unspecified atom stereocenters. The number of hydrogen-bond acceptors (Lipinski definition) is 5. The molecule has 0 aliphatic carbocycles. The van der Waals surface area contributed by atoms with Crippen LogP contribution >= 0.6 is 0 Å². The van der Waals surface area contributed by atoms with Crippen molar-refractivity contribution in [1.82, 2.24) is 10.3 Å². The fourth-order valence-electron chi connectivity index (χ4n) is 2.18. The van der Waals surface area contributed by atoms with Crippen molar-refractivity contribution >= 4 is 12.1 Å². The van der Waals surface area contributed by atoms with Crippen LogP contribution in [0.25, 0.3) is 0 Å². The van der Waals surface area contributed by atoms with Crippen molar-refractivity contribution in [1.29, 1.82) is 0 Å². The third kappa shape index (κ3) is 4.98. The van der Waals surface area contributed by atoms with Gasteiger partial charge in [-0.15, -0.1) is 6.58 Å². The predicted molar refractivity (Wildman–Crippen MR) is 85.0 cm³/mol. The van der Waals surface area contributed by atoms with Crippen LogP contribution in [0.3, 0.4) is 0 Å². The summed E-state index contributed by atoms with van der Waals surface area (Å²) >= 11 is 0. The van der Waals surface area contributed by atoms with Crippen molar-refractivity contribution in [3.63, 3.8) is 0 Å². The van der Waals surface area contributed by atoms with Crippen molar-refractivity contribution in [2.75, 3.05) is 32.8 Å². The van der Waals surface area contributed by atoms with Gasteiger partial charge in [0.1, 0.15) is 5.75 Å². The summed E-state index contributed by atoms with van der Waals surface area (Å²) in [5.41, 5.74) is 4.09. The smallest absolute Gasteiger partial charge is 0.254 e. The van der Waals surface area contributed by atoms with E-state index in [0.717, 1.165) is 24.2 Å². The van der Waals surface area contributed by atoms with Gasteiger partial charge in [0.25, 0.3) is 5.91 Å². The third-order valence-corrected chi connectivity index (χ3v) is 3.34. The van der Waals surface area contributed by atoms with E-state index in [1.807, 2.05) is 11.0 Å². The predicted octanol–water partition coefficient (Wildman–Crippen LogP) is 0.903. The summed E-state index contributed by atoms with van der Waals surface area (Å²) in [4.78, 5) is 13.8. The largest absolute Gasteiger partial charge is 0.508 e. The number of ether oxygens (including phenoxy) is 1. The van der Waals surface area contributed by atoms with Crippen molar-refractivity contribution < 1.29 is 14.6 Å². The van der Waals surface area contributed by atoms with E-state index < -0.39 is 0 Å². The van der Waals surface area contributed by atoms with Crippen LogP contribution in [0.2, 0.25) is 0 Å². The first-order chi connectivity index (χ1) is 10.7. The number of carbonyl (C=O) groups is 1. The number of benzene rings is 1. The Balaban J connectivity index is 1.84. The van der Waals surface area contributed by atoms with Gasteiger partial charge in [0, 0.05) is 13.1 Å². The maximum Gasteiger partial charge on any atom is 0.254 e. The Morgan fingerprint density at radius 3 is 2.95 bits per heavy atom. The van der Waals surface area contributed by atoms with E-state index >= 15 is 0 Å². The lowest BCUT2D eigenvalue weighted by atomic mass is 10.1. The minimum absolute atomic E-state index is 0.150. The molecule has 0 spiro atoms. The number of carbonyl (C=O) groups excluding carboxylic acids is 1. The fourth-order valence-corrected chi connectivity index (χ4v) is 2.18. The molecule has 1 aliphatic heterocycles. The molecule has 0 atom stereocenters. The molecule has 1 heterocycles. The van der Waals surface area contributed by atoms with Gasteiger partial charge in [0.15, 0.2) is 0 Å². The Kier molecular flexibility index (Phi) is 6.12. The second kappa shape index (κ2) is 8.31. The molecular weight excluding hydrogens is 282 g/mol. The molecule has 1 amide bonds. The molecule has 2 N–H and O–H groups in total. The number of hydrazone groups is 1. The highest BCUT2D eigenvalue weighted by molar-refractivity contribution is 5.83. The summed E-state index contributed by atoms with van der Waals surface area (Å²) in [6, 6.07) is 5.16. The topological polar surface area (TPSA) is 74.2 Å². The standard InChI is InChI=1S/C16H21N3O3/c1-2-3-14-10-13(4-5-15(14)20)11-17-18-16(21)12-19-6-8-22-9-7-19/h2,4-5,10-11,20H,1,3,6-9,12H2,(H,18,21)/b17-11+. The first-order valence-corrected chi connectivity index (χ1v) is 7.24. The Labute approximate surface area is 130 Å². The Morgan fingerprint density at radius 2 is 2.23 bits per heavy atom. The van der Waals surface area contributed by atoms with Gasteiger partial charge >= 0.3 is 0 Å². The minimum atomic E-state index is -0.150. The third-order valence-electron chi connectivity index (χ3n) is 3.34. The molecule has 0 bridgehead atoms. The number of allylic oxidation sites excluding steroid dienone is 1. The molecule has 1 fully saturated rings. The maximum atomic E-state index is 11.8. The van der Waals surface area contributed by atoms with Crippen LogP contribution in [0.4, 0.5) is 0 Å². The Morgan fingerprint density at radius 1 is 1.45 bits per heavy atom. The minimum Gasteiger partial charge on any atom is -0.508 e. The van der Waals surface area contributed by atoms with Crippen molar-refractivity contribution in [2.45, 2.75) is 6.42 Å². The van der Waals surface area contributed by atoms with Crippen molar-refractivity contribution in [3.05, 3.63) is 42.0 Å². The monoisotopic (exact) mass is 303 g/mol. The summed E-state index contributed by atoms with van der Waals surface area (Å²) in [5.74, 6) is 0.0802. The summed E-state index contributed by atoms with van der Waals surface area (Å²) in [6.45, 7) is 6.82. The van der Waals surface area contributed by atoms with Crippen molar-refractivity contribution in [2.24, 2.45) is 5.10 Å². The zero-order valence-electron chi connectivity index (χ0n) is 12.5. The number of morpholine rings is 1. The second-order valence-electron chi connectivity index (χ2n) is 5.06. The molecule has 0 aromatic heterocycles. The summed E-state index contributed by atoms with van der Waals surface area (Å²) in [5, 5.41) is 13.6. The van der Waals surface area contributed by atoms with Crippen LogP contribution in [0, 0.1) is 0 Å². The number of aromatic hydroxyl groups is 1. The van der Waals surface area contributed by atoms with Crippen molar-refractivity contribution in [3.8, 4) is 5.75 Å². The SMILES string of the molecule is C=CCc1cc(/C=N/NC(=O)CN2CCOCC2)ccc1O. The molecular formula is C16H21N3O3. The van der Waals surface area contributed by atoms with Crippen LogP contribution in [-0.2, 0) is 16.0 Å². The molecule has 6 heteroatoms. The van der Waals surface area contributed by atoms with Crippen LogP contribution in [0.5, 0.6) is 5.75 Å². The second-order valence-corrected chi connectivity index (χ2v) is 5.06. The van der Waals surface area contributed by atoms with E-state index in [-0.39, 0.29) is 11.7 Å². The maximum absolute atomic E-state index is 11.8. The van der Waals surface area contributed by atoms with E-state index in [9.17, 15) is 9.90 Å². The lowest BCUT2D eigenvalue weighted by Crippen LogP contribution is -2.42. The van der Waals surface area contributed by atoms with Crippen LogP contribution in [-0.4, -0.2) is 55.0 Å². The molecule has 1 aromatic rings. The zero-order chi connectivity index (χ0) is 15.8. The Bertz CT molecular complexity index is 552. The first-order valence-electron chi connectivity index (χ1n) is 7.24. The van der Waals surface area contributed by atoms with Crippen LogP contribution < -0.4 is 5.43 Å². The van der Waals surface area contributed by atoms with E-state index in [2.05, 4.69) is 17.1 Å². The van der Waals surface area contributed by atoms with Gasteiger partial charge in [-0.25, -0.2) is 5.43 Å². The highest BCUT2D eigenvalue weighted by Crippen LogP contribution is 2.18. The molecule has 6 nitrogen and oxygen atoms in total. The summed E-state index contributed by atoms with van der Waals surface area (Å²) in [6.07, 6.45) is 3.86. The molecule has 0 radical (unpaired) electrons. The average molecular weight is 303 g/mol.